The number of carbonyl (C=O) groups excluding carboxylic acids is 1. The summed E-state index contributed by atoms with van der Waals surface area (Å²) in [6, 6.07) is 23.3. The van der Waals surface area contributed by atoms with E-state index in [0.717, 1.165) is 5.56 Å². The molecular weight excluding hydrogens is 352 g/mol. The average molecular weight is 374 g/mol. The quantitative estimate of drug-likeness (QED) is 0.632. The summed E-state index contributed by atoms with van der Waals surface area (Å²) in [7, 11) is 0. The van der Waals surface area contributed by atoms with Gasteiger partial charge in [-0.1, -0.05) is 60.7 Å². The van der Waals surface area contributed by atoms with Gasteiger partial charge in [0.25, 0.3) is 0 Å². The number of aromatic hydroxyl groups is 1. The molecule has 0 aliphatic heterocycles. The molecule has 142 valence electrons. The van der Waals surface area contributed by atoms with E-state index < -0.39 is 11.6 Å². The van der Waals surface area contributed by atoms with E-state index >= 15 is 0 Å². The Bertz CT molecular complexity index is 971. The lowest BCUT2D eigenvalue weighted by molar-refractivity contribution is 0.119. The SMILES string of the molecule is NC(=O)OC[C@](N)(CC1c2ccccc2-c2ccccc21)c1ccc(O)cc1. The molecule has 0 unspecified atom stereocenters. The van der Waals surface area contributed by atoms with E-state index in [1.807, 2.05) is 24.3 Å². The maximum atomic E-state index is 11.3. The number of benzene rings is 3. The van der Waals surface area contributed by atoms with Crippen LogP contribution in [0.15, 0.2) is 72.8 Å². The second-order valence-electron chi connectivity index (χ2n) is 7.24. The predicted octanol–water partition coefficient (Wildman–Crippen LogP) is 3.84. The zero-order valence-corrected chi connectivity index (χ0v) is 15.3. The fourth-order valence-electron chi connectivity index (χ4n) is 4.10. The van der Waals surface area contributed by atoms with Gasteiger partial charge >= 0.3 is 6.09 Å². The van der Waals surface area contributed by atoms with Gasteiger partial charge in [0.2, 0.25) is 0 Å². The predicted molar refractivity (Wildman–Crippen MR) is 108 cm³/mol. The first-order valence-electron chi connectivity index (χ1n) is 9.17. The molecule has 28 heavy (non-hydrogen) atoms. The Kier molecular flexibility index (Phi) is 4.53. The third kappa shape index (κ3) is 3.21. The summed E-state index contributed by atoms with van der Waals surface area (Å²) in [4.78, 5) is 11.3. The molecule has 0 aromatic heterocycles. The third-order valence-corrected chi connectivity index (χ3v) is 5.45. The molecule has 5 heteroatoms. The van der Waals surface area contributed by atoms with Crippen molar-refractivity contribution in [3.8, 4) is 16.9 Å². The molecule has 0 heterocycles. The van der Waals surface area contributed by atoms with Gasteiger partial charge in [0.1, 0.15) is 12.4 Å². The van der Waals surface area contributed by atoms with Gasteiger partial charge in [0.05, 0.1) is 5.54 Å². The number of rotatable bonds is 5. The molecule has 0 spiro atoms. The van der Waals surface area contributed by atoms with Gasteiger partial charge in [0, 0.05) is 5.92 Å². The summed E-state index contributed by atoms with van der Waals surface area (Å²) in [6.45, 7) is -0.0477. The smallest absolute Gasteiger partial charge is 0.404 e. The Morgan fingerprint density at radius 1 is 0.929 bits per heavy atom. The second kappa shape index (κ2) is 7.02. The van der Waals surface area contributed by atoms with E-state index in [-0.39, 0.29) is 18.3 Å². The first kappa shape index (κ1) is 18.1. The van der Waals surface area contributed by atoms with Gasteiger partial charge in [-0.2, -0.15) is 0 Å². The fraction of sp³-hybridized carbons (Fsp3) is 0.174. The summed E-state index contributed by atoms with van der Waals surface area (Å²) in [5.41, 5.74) is 16.6. The van der Waals surface area contributed by atoms with Crippen molar-refractivity contribution in [1.29, 1.82) is 0 Å². The summed E-state index contributed by atoms with van der Waals surface area (Å²) in [5.74, 6) is 0.209. The lowest BCUT2D eigenvalue weighted by Gasteiger charge is -2.32. The molecule has 1 aliphatic carbocycles. The lowest BCUT2D eigenvalue weighted by atomic mass is 9.79. The van der Waals surface area contributed by atoms with E-state index in [4.69, 9.17) is 16.2 Å². The number of fused-ring (bicyclic) bond motifs is 3. The monoisotopic (exact) mass is 374 g/mol. The van der Waals surface area contributed by atoms with E-state index in [0.29, 0.717) is 6.42 Å². The Balaban J connectivity index is 1.76. The molecule has 0 bridgehead atoms. The Morgan fingerprint density at radius 2 is 1.46 bits per heavy atom. The summed E-state index contributed by atoms with van der Waals surface area (Å²) < 4.78 is 5.13. The molecular formula is C23H22N2O3. The maximum Gasteiger partial charge on any atom is 0.404 e. The zero-order chi connectivity index (χ0) is 19.7. The highest BCUT2D eigenvalue weighted by Crippen LogP contribution is 2.48. The van der Waals surface area contributed by atoms with Crippen molar-refractivity contribution in [1.82, 2.24) is 0 Å². The Morgan fingerprint density at radius 3 is 2.00 bits per heavy atom. The number of carbonyl (C=O) groups is 1. The summed E-state index contributed by atoms with van der Waals surface area (Å²) in [6.07, 6.45) is -0.333. The number of hydrogen-bond acceptors (Lipinski definition) is 4. The number of nitrogens with two attached hydrogens (primary N) is 2. The Labute approximate surface area is 163 Å². The van der Waals surface area contributed by atoms with E-state index in [1.54, 1.807) is 24.3 Å². The van der Waals surface area contributed by atoms with Gasteiger partial charge in [-0.25, -0.2) is 4.79 Å². The minimum absolute atomic E-state index is 0.0477. The van der Waals surface area contributed by atoms with Crippen molar-refractivity contribution in [2.24, 2.45) is 11.5 Å². The van der Waals surface area contributed by atoms with Gasteiger partial charge in [-0.05, 0) is 46.4 Å². The van der Waals surface area contributed by atoms with Crippen molar-refractivity contribution < 1.29 is 14.6 Å². The topological polar surface area (TPSA) is 98.6 Å². The van der Waals surface area contributed by atoms with Gasteiger partial charge in [-0.3, -0.25) is 0 Å². The lowest BCUT2D eigenvalue weighted by Crippen LogP contribution is -2.44. The minimum Gasteiger partial charge on any atom is -0.508 e. The number of ether oxygens (including phenoxy) is 1. The standard InChI is InChI=1S/C23H22N2O3/c24-22(27)28-14-23(25,15-9-11-16(26)12-10-15)13-21-19-7-3-1-5-17(19)18-6-2-4-8-20(18)21/h1-12,21,26H,13-14,25H2,(H2,24,27)/t23-/m1/s1. The number of primary amides is 1. The number of phenols is 1. The molecule has 5 N–H and O–H groups in total. The van der Waals surface area contributed by atoms with Crippen LogP contribution in [0.2, 0.25) is 0 Å². The summed E-state index contributed by atoms with van der Waals surface area (Å²) in [5, 5.41) is 9.64. The highest BCUT2D eigenvalue weighted by molar-refractivity contribution is 5.78. The van der Waals surface area contributed by atoms with Gasteiger partial charge < -0.3 is 21.3 Å². The van der Waals surface area contributed by atoms with Crippen LogP contribution in [0, 0.1) is 0 Å². The van der Waals surface area contributed by atoms with Crippen molar-refractivity contribution in [2.45, 2.75) is 17.9 Å². The molecule has 3 aromatic carbocycles. The van der Waals surface area contributed by atoms with Crippen molar-refractivity contribution in [3.63, 3.8) is 0 Å². The summed E-state index contributed by atoms with van der Waals surface area (Å²) >= 11 is 0. The van der Waals surface area contributed by atoms with Crippen molar-refractivity contribution in [3.05, 3.63) is 89.5 Å². The van der Waals surface area contributed by atoms with Crippen molar-refractivity contribution in [2.75, 3.05) is 6.61 Å². The van der Waals surface area contributed by atoms with Gasteiger partial charge in [0.15, 0.2) is 0 Å². The van der Waals surface area contributed by atoms with Crippen LogP contribution >= 0.6 is 0 Å². The minimum atomic E-state index is -0.960. The fourth-order valence-corrected chi connectivity index (χ4v) is 4.10. The third-order valence-electron chi connectivity index (χ3n) is 5.45. The molecule has 1 aliphatic rings. The molecule has 1 atom stereocenters. The van der Waals surface area contributed by atoms with Crippen LogP contribution in [0.1, 0.15) is 29.0 Å². The number of phenolic OH excluding ortho intramolecular Hbond substituents is 1. The van der Waals surface area contributed by atoms with E-state index in [1.165, 1.54) is 22.3 Å². The average Bonchev–Trinajstić information content (AvgIpc) is 3.01. The van der Waals surface area contributed by atoms with Crippen LogP contribution in [0.25, 0.3) is 11.1 Å². The largest absolute Gasteiger partial charge is 0.508 e. The van der Waals surface area contributed by atoms with E-state index in [2.05, 4.69) is 24.3 Å². The molecule has 1 amide bonds. The highest BCUT2D eigenvalue weighted by atomic mass is 16.5. The van der Waals surface area contributed by atoms with Crippen LogP contribution in [0.3, 0.4) is 0 Å². The molecule has 5 nitrogen and oxygen atoms in total. The molecule has 0 radical (unpaired) electrons. The van der Waals surface area contributed by atoms with E-state index in [9.17, 15) is 9.90 Å². The van der Waals surface area contributed by atoms with Crippen LogP contribution in [-0.4, -0.2) is 17.8 Å². The molecule has 0 fully saturated rings. The molecule has 0 saturated heterocycles. The van der Waals surface area contributed by atoms with Gasteiger partial charge in [-0.15, -0.1) is 0 Å². The molecule has 0 saturated carbocycles. The zero-order valence-electron chi connectivity index (χ0n) is 15.3. The number of hydrogen-bond donors (Lipinski definition) is 3. The van der Waals surface area contributed by atoms with Crippen LogP contribution in [0.5, 0.6) is 5.75 Å². The normalized spacial score (nSPS) is 14.8. The molecule has 3 aromatic rings. The van der Waals surface area contributed by atoms with Crippen LogP contribution < -0.4 is 11.5 Å². The number of amides is 1. The van der Waals surface area contributed by atoms with Crippen LogP contribution in [0.4, 0.5) is 4.79 Å². The first-order chi connectivity index (χ1) is 13.5. The van der Waals surface area contributed by atoms with Crippen LogP contribution in [-0.2, 0) is 10.3 Å². The first-order valence-corrected chi connectivity index (χ1v) is 9.17. The second-order valence-corrected chi connectivity index (χ2v) is 7.24. The molecule has 4 rings (SSSR count). The highest BCUT2D eigenvalue weighted by Gasteiger charge is 2.37. The maximum absolute atomic E-state index is 11.3. The Hall–Kier alpha value is -3.31. The van der Waals surface area contributed by atoms with Crippen molar-refractivity contribution >= 4 is 6.09 Å².